The molecule has 0 aromatic carbocycles. The highest BCUT2D eigenvalue weighted by atomic mass is 32.2. The first-order chi connectivity index (χ1) is 9.43. The summed E-state index contributed by atoms with van der Waals surface area (Å²) in [6.45, 7) is 2.58. The number of hydrogen-bond acceptors (Lipinski definition) is 5. The molecule has 8 heteroatoms. The van der Waals surface area contributed by atoms with Crippen LogP contribution in [0, 0.1) is 0 Å². The van der Waals surface area contributed by atoms with E-state index >= 15 is 0 Å². The molecule has 0 radical (unpaired) electrons. The van der Waals surface area contributed by atoms with Gasteiger partial charge in [0.25, 0.3) is 10.2 Å². The van der Waals surface area contributed by atoms with Crippen molar-refractivity contribution >= 4 is 10.2 Å². The second-order valence-electron chi connectivity index (χ2n) is 5.59. The number of aliphatic hydroxyl groups excluding tert-OH is 1. The van der Waals surface area contributed by atoms with Gasteiger partial charge in [-0.25, -0.2) is 0 Å². The molecule has 0 amide bonds. The summed E-state index contributed by atoms with van der Waals surface area (Å²) < 4.78 is 33.3. The van der Waals surface area contributed by atoms with Crippen LogP contribution in [-0.4, -0.2) is 92.7 Å². The van der Waals surface area contributed by atoms with Gasteiger partial charge in [-0.1, -0.05) is 0 Å². The number of aliphatic hydroxyl groups is 1. The van der Waals surface area contributed by atoms with Crippen molar-refractivity contribution in [2.24, 2.45) is 0 Å². The molecule has 2 aliphatic heterocycles. The highest BCUT2D eigenvalue weighted by Gasteiger charge is 2.35. The standard InChI is InChI=1S/C12H25N3O4S/c1-13(2)11-3-5-14(6-4-12(11)16)20(17,18)15-7-9-19-10-8-15/h11-12,16H,3-10H2,1-2H3/t11-,12-/m0/s1. The number of morpholine rings is 1. The molecule has 1 N–H and O–H groups in total. The van der Waals surface area contributed by atoms with Crippen LogP contribution in [0.3, 0.4) is 0 Å². The summed E-state index contributed by atoms with van der Waals surface area (Å²) in [5, 5.41) is 10.1. The third-order valence-corrected chi connectivity index (χ3v) is 6.11. The minimum absolute atomic E-state index is 0.0138. The van der Waals surface area contributed by atoms with Crippen LogP contribution < -0.4 is 0 Å². The van der Waals surface area contributed by atoms with Crippen LogP contribution in [0.4, 0.5) is 0 Å². The van der Waals surface area contributed by atoms with E-state index in [9.17, 15) is 13.5 Å². The lowest BCUT2D eigenvalue weighted by Crippen LogP contribution is -2.49. The van der Waals surface area contributed by atoms with Crippen molar-refractivity contribution in [3.05, 3.63) is 0 Å². The molecule has 0 unspecified atom stereocenters. The number of nitrogens with zero attached hydrogens (tertiary/aromatic N) is 3. The molecule has 20 heavy (non-hydrogen) atoms. The van der Waals surface area contributed by atoms with Crippen LogP contribution in [0.15, 0.2) is 0 Å². The Labute approximate surface area is 121 Å². The maximum absolute atomic E-state index is 12.6. The van der Waals surface area contributed by atoms with E-state index in [1.165, 1.54) is 8.61 Å². The van der Waals surface area contributed by atoms with Gasteiger partial charge in [0.05, 0.1) is 19.3 Å². The fourth-order valence-electron chi connectivity index (χ4n) is 2.82. The van der Waals surface area contributed by atoms with Crippen LogP contribution in [-0.2, 0) is 14.9 Å². The van der Waals surface area contributed by atoms with Crippen molar-refractivity contribution in [3.63, 3.8) is 0 Å². The maximum Gasteiger partial charge on any atom is 0.282 e. The number of likely N-dealkylation sites (N-methyl/N-ethyl adjacent to an activating group) is 1. The van der Waals surface area contributed by atoms with Gasteiger partial charge in [-0.3, -0.25) is 0 Å². The minimum Gasteiger partial charge on any atom is -0.391 e. The Hall–Kier alpha value is -0.250. The Bertz CT molecular complexity index is 409. The molecule has 0 aromatic heterocycles. The zero-order valence-corrected chi connectivity index (χ0v) is 13.0. The normalized spacial score (nSPS) is 31.4. The van der Waals surface area contributed by atoms with Gasteiger partial charge in [-0.2, -0.15) is 17.0 Å². The molecule has 7 nitrogen and oxygen atoms in total. The molecule has 0 spiro atoms. The first-order valence-electron chi connectivity index (χ1n) is 7.10. The minimum atomic E-state index is -3.42. The van der Waals surface area contributed by atoms with E-state index in [1.807, 2.05) is 19.0 Å². The smallest absolute Gasteiger partial charge is 0.282 e. The van der Waals surface area contributed by atoms with E-state index < -0.39 is 16.3 Å². The van der Waals surface area contributed by atoms with Crippen LogP contribution in [0.5, 0.6) is 0 Å². The average molecular weight is 307 g/mol. The molecule has 0 aromatic rings. The molecule has 2 aliphatic rings. The highest BCUT2D eigenvalue weighted by molar-refractivity contribution is 7.86. The van der Waals surface area contributed by atoms with E-state index in [1.54, 1.807) is 0 Å². The lowest BCUT2D eigenvalue weighted by Gasteiger charge is -2.31. The molecule has 2 fully saturated rings. The summed E-state index contributed by atoms with van der Waals surface area (Å²) in [7, 11) is 0.409. The van der Waals surface area contributed by atoms with Crippen LogP contribution >= 0.6 is 0 Å². The van der Waals surface area contributed by atoms with E-state index in [0.717, 1.165) is 0 Å². The highest BCUT2D eigenvalue weighted by Crippen LogP contribution is 2.20. The summed E-state index contributed by atoms with van der Waals surface area (Å²) in [5.41, 5.74) is 0. The molecule has 2 heterocycles. The van der Waals surface area contributed by atoms with Crippen molar-refractivity contribution < 1.29 is 18.3 Å². The number of hydrogen-bond donors (Lipinski definition) is 1. The van der Waals surface area contributed by atoms with E-state index in [2.05, 4.69) is 0 Å². The van der Waals surface area contributed by atoms with Crippen molar-refractivity contribution in [1.82, 2.24) is 13.5 Å². The van der Waals surface area contributed by atoms with Gasteiger partial charge in [-0.15, -0.1) is 0 Å². The first kappa shape index (κ1) is 16.1. The molecule has 0 bridgehead atoms. The molecule has 118 valence electrons. The second-order valence-corrected chi connectivity index (χ2v) is 7.52. The fraction of sp³-hybridized carbons (Fsp3) is 1.00. The van der Waals surface area contributed by atoms with Gasteiger partial charge < -0.3 is 14.7 Å². The van der Waals surface area contributed by atoms with Crippen molar-refractivity contribution in [2.45, 2.75) is 25.0 Å². The van der Waals surface area contributed by atoms with Crippen LogP contribution in [0.25, 0.3) is 0 Å². The van der Waals surface area contributed by atoms with Gasteiger partial charge in [-0.05, 0) is 26.9 Å². The summed E-state index contributed by atoms with van der Waals surface area (Å²) >= 11 is 0. The molecule has 0 aliphatic carbocycles. The third-order valence-electron chi connectivity index (χ3n) is 4.08. The Balaban J connectivity index is 2.05. The molecule has 0 saturated carbocycles. The zero-order chi connectivity index (χ0) is 14.8. The second kappa shape index (κ2) is 6.67. The molecular formula is C12H25N3O4S. The van der Waals surface area contributed by atoms with Crippen molar-refractivity contribution in [2.75, 3.05) is 53.5 Å². The lowest BCUT2D eigenvalue weighted by molar-refractivity contribution is 0.0698. The monoisotopic (exact) mass is 307 g/mol. The fourth-order valence-corrected chi connectivity index (χ4v) is 4.43. The Morgan fingerprint density at radius 2 is 1.60 bits per heavy atom. The van der Waals surface area contributed by atoms with Crippen molar-refractivity contribution in [1.29, 1.82) is 0 Å². The van der Waals surface area contributed by atoms with Gasteiger partial charge >= 0.3 is 0 Å². The van der Waals surface area contributed by atoms with E-state index in [0.29, 0.717) is 52.2 Å². The molecule has 2 rings (SSSR count). The predicted molar refractivity (Wildman–Crippen MR) is 75.6 cm³/mol. The summed E-state index contributed by atoms with van der Waals surface area (Å²) in [6.07, 6.45) is 0.652. The SMILES string of the molecule is CN(C)[C@H]1CCN(S(=O)(=O)N2CCOCC2)CC[C@@H]1O. The Morgan fingerprint density at radius 1 is 1.05 bits per heavy atom. The van der Waals surface area contributed by atoms with Gasteiger partial charge in [0.2, 0.25) is 0 Å². The zero-order valence-electron chi connectivity index (χ0n) is 12.2. The van der Waals surface area contributed by atoms with E-state index in [4.69, 9.17) is 4.74 Å². The largest absolute Gasteiger partial charge is 0.391 e. The quantitative estimate of drug-likeness (QED) is 0.720. The maximum atomic E-state index is 12.6. The number of ether oxygens (including phenoxy) is 1. The predicted octanol–water partition coefficient (Wildman–Crippen LogP) is -1.05. The van der Waals surface area contributed by atoms with Gasteiger partial charge in [0.1, 0.15) is 0 Å². The van der Waals surface area contributed by atoms with Gasteiger partial charge in [0, 0.05) is 32.2 Å². The Kier molecular flexibility index (Phi) is 5.38. The molecule has 2 atom stereocenters. The van der Waals surface area contributed by atoms with E-state index in [-0.39, 0.29) is 6.04 Å². The van der Waals surface area contributed by atoms with Gasteiger partial charge in [0.15, 0.2) is 0 Å². The third kappa shape index (κ3) is 3.49. The molecule has 2 saturated heterocycles. The lowest BCUT2D eigenvalue weighted by atomic mass is 10.1. The summed E-state index contributed by atoms with van der Waals surface area (Å²) in [5.74, 6) is 0. The Morgan fingerprint density at radius 3 is 2.20 bits per heavy atom. The summed E-state index contributed by atoms with van der Waals surface area (Å²) in [4.78, 5) is 1.97. The van der Waals surface area contributed by atoms with Crippen LogP contribution in [0.1, 0.15) is 12.8 Å². The summed E-state index contributed by atoms with van der Waals surface area (Å²) in [6, 6.07) is 0.0138. The topological polar surface area (TPSA) is 73.3 Å². The first-order valence-corrected chi connectivity index (χ1v) is 8.50. The molecular weight excluding hydrogens is 282 g/mol. The average Bonchev–Trinajstić information content (AvgIpc) is 2.62. The number of rotatable bonds is 3. The van der Waals surface area contributed by atoms with Crippen LogP contribution in [0.2, 0.25) is 0 Å². The van der Waals surface area contributed by atoms with Crippen molar-refractivity contribution in [3.8, 4) is 0 Å².